The molecule has 1 saturated heterocycles. The number of sulfone groups is 1. The monoisotopic (exact) mass is 339 g/mol. The molecular weight excluding hydrogens is 318 g/mol. The highest BCUT2D eigenvalue weighted by molar-refractivity contribution is 7.91. The van der Waals surface area contributed by atoms with Gasteiger partial charge in [-0.1, -0.05) is 12.1 Å². The van der Waals surface area contributed by atoms with E-state index in [1.165, 1.54) is 0 Å². The van der Waals surface area contributed by atoms with Crippen LogP contribution in [-0.2, 0) is 19.4 Å². The average Bonchev–Trinajstić information content (AvgIpc) is 2.72. The summed E-state index contributed by atoms with van der Waals surface area (Å²) >= 11 is 0. The topological polar surface area (TPSA) is 89.5 Å². The number of carbonyl (C=O) groups excluding carboxylic acids is 2. The second kappa shape index (κ2) is 6.31. The van der Waals surface area contributed by atoms with Gasteiger partial charge in [-0.15, -0.1) is 0 Å². The quantitative estimate of drug-likeness (QED) is 0.831. The van der Waals surface area contributed by atoms with E-state index in [2.05, 4.69) is 5.32 Å². The smallest absolute Gasteiger partial charge is 0.338 e. The van der Waals surface area contributed by atoms with Gasteiger partial charge in [0.2, 0.25) is 0 Å². The number of carbonyl (C=O) groups is 2. The molecule has 7 heteroatoms. The molecule has 2 rings (SSSR count). The van der Waals surface area contributed by atoms with Crippen molar-refractivity contribution in [3.05, 3.63) is 34.9 Å². The van der Waals surface area contributed by atoms with Crippen LogP contribution in [0.1, 0.15) is 34.8 Å². The summed E-state index contributed by atoms with van der Waals surface area (Å²) in [5, 5.41) is 2.65. The van der Waals surface area contributed by atoms with Gasteiger partial charge in [-0.3, -0.25) is 4.79 Å². The number of ether oxygens (including phenoxy) is 1. The molecule has 6 nitrogen and oxygen atoms in total. The fourth-order valence-electron chi connectivity index (χ4n) is 2.66. The van der Waals surface area contributed by atoms with E-state index in [9.17, 15) is 18.0 Å². The SMILES string of the molecule is Cc1cccc(C(=O)OCC(=O)N[C@@]2(C)CCS(=O)(=O)C2)c1C. The Morgan fingerprint density at radius 2 is 2.00 bits per heavy atom. The van der Waals surface area contributed by atoms with Gasteiger partial charge in [-0.2, -0.15) is 0 Å². The third-order valence-electron chi connectivity index (χ3n) is 4.10. The van der Waals surface area contributed by atoms with E-state index in [-0.39, 0.29) is 11.5 Å². The first-order valence-electron chi connectivity index (χ1n) is 7.37. The first-order valence-corrected chi connectivity index (χ1v) is 9.19. The van der Waals surface area contributed by atoms with Crippen LogP contribution < -0.4 is 5.32 Å². The molecule has 0 unspecified atom stereocenters. The van der Waals surface area contributed by atoms with E-state index >= 15 is 0 Å². The van der Waals surface area contributed by atoms with Crippen molar-refractivity contribution in [3.8, 4) is 0 Å². The van der Waals surface area contributed by atoms with Gasteiger partial charge in [0.05, 0.1) is 22.6 Å². The van der Waals surface area contributed by atoms with Crippen LogP contribution in [0.5, 0.6) is 0 Å². The fourth-order valence-corrected chi connectivity index (χ4v) is 4.76. The molecule has 0 aromatic heterocycles. The van der Waals surface area contributed by atoms with Crippen LogP contribution >= 0.6 is 0 Å². The normalized spacial score (nSPS) is 22.6. The lowest BCUT2D eigenvalue weighted by molar-refractivity contribution is -0.125. The number of esters is 1. The van der Waals surface area contributed by atoms with Crippen molar-refractivity contribution < 1.29 is 22.7 Å². The Morgan fingerprint density at radius 3 is 2.61 bits per heavy atom. The standard InChI is InChI=1S/C16H21NO5S/c1-11-5-4-6-13(12(11)2)15(19)22-9-14(18)17-16(3)7-8-23(20,21)10-16/h4-6H,7-10H2,1-3H3,(H,17,18)/t16-/m0/s1. The van der Waals surface area contributed by atoms with Crippen LogP contribution in [-0.4, -0.2) is 43.9 Å². The number of amides is 1. The minimum atomic E-state index is -3.11. The Morgan fingerprint density at radius 1 is 1.30 bits per heavy atom. The maximum Gasteiger partial charge on any atom is 0.338 e. The highest BCUT2D eigenvalue weighted by Gasteiger charge is 2.39. The van der Waals surface area contributed by atoms with Crippen LogP contribution in [0, 0.1) is 13.8 Å². The molecule has 1 aliphatic rings. The molecule has 1 aromatic rings. The Hall–Kier alpha value is -1.89. The van der Waals surface area contributed by atoms with Crippen molar-refractivity contribution in [2.24, 2.45) is 0 Å². The lowest BCUT2D eigenvalue weighted by Crippen LogP contribution is -2.48. The number of nitrogens with one attached hydrogen (secondary N) is 1. The third kappa shape index (κ3) is 4.31. The van der Waals surface area contributed by atoms with Crippen LogP contribution in [0.3, 0.4) is 0 Å². The average molecular weight is 339 g/mol. The largest absolute Gasteiger partial charge is 0.452 e. The van der Waals surface area contributed by atoms with Crippen molar-refractivity contribution in [2.45, 2.75) is 32.7 Å². The zero-order chi connectivity index (χ0) is 17.3. The van der Waals surface area contributed by atoms with Gasteiger partial charge in [0.15, 0.2) is 16.4 Å². The van der Waals surface area contributed by atoms with Gasteiger partial charge < -0.3 is 10.1 Å². The number of hydrogen-bond acceptors (Lipinski definition) is 5. The van der Waals surface area contributed by atoms with Crippen molar-refractivity contribution in [1.82, 2.24) is 5.32 Å². The van der Waals surface area contributed by atoms with Gasteiger partial charge in [-0.05, 0) is 44.4 Å². The fraction of sp³-hybridized carbons (Fsp3) is 0.500. The molecule has 126 valence electrons. The summed E-state index contributed by atoms with van der Waals surface area (Å²) < 4.78 is 28.1. The molecule has 1 heterocycles. The third-order valence-corrected chi connectivity index (χ3v) is 6.01. The van der Waals surface area contributed by atoms with Crippen molar-refractivity contribution >= 4 is 21.7 Å². The molecule has 23 heavy (non-hydrogen) atoms. The summed E-state index contributed by atoms with van der Waals surface area (Å²) in [6, 6.07) is 5.29. The molecule has 0 bridgehead atoms. The minimum absolute atomic E-state index is 0.0616. The molecule has 0 aliphatic carbocycles. The predicted molar refractivity (Wildman–Crippen MR) is 86.0 cm³/mol. The molecule has 1 N–H and O–H groups in total. The Kier molecular flexibility index (Phi) is 4.79. The van der Waals surface area contributed by atoms with E-state index in [0.717, 1.165) is 11.1 Å². The Balaban J connectivity index is 1.92. The van der Waals surface area contributed by atoms with E-state index in [1.807, 2.05) is 19.9 Å². The van der Waals surface area contributed by atoms with Crippen LogP contribution in [0.2, 0.25) is 0 Å². The van der Waals surface area contributed by atoms with Gasteiger partial charge in [0, 0.05) is 0 Å². The van der Waals surface area contributed by atoms with Gasteiger partial charge in [-0.25, -0.2) is 13.2 Å². The molecule has 0 radical (unpaired) electrons. The number of rotatable bonds is 4. The molecular formula is C16H21NO5S. The first kappa shape index (κ1) is 17.5. The van der Waals surface area contributed by atoms with E-state index < -0.39 is 33.9 Å². The molecule has 1 amide bonds. The summed E-state index contributed by atoms with van der Waals surface area (Å²) in [5.74, 6) is -1.09. The minimum Gasteiger partial charge on any atom is -0.452 e. The lowest BCUT2D eigenvalue weighted by atomic mass is 10.0. The van der Waals surface area contributed by atoms with Gasteiger partial charge in [0.1, 0.15) is 0 Å². The Bertz CT molecular complexity index is 741. The maximum absolute atomic E-state index is 12.0. The van der Waals surface area contributed by atoms with Gasteiger partial charge in [0.25, 0.3) is 5.91 Å². The summed E-state index contributed by atoms with van der Waals surface area (Å²) in [7, 11) is -3.11. The molecule has 1 aliphatic heterocycles. The van der Waals surface area contributed by atoms with Crippen molar-refractivity contribution in [1.29, 1.82) is 0 Å². The van der Waals surface area contributed by atoms with Gasteiger partial charge >= 0.3 is 5.97 Å². The molecule has 1 aromatic carbocycles. The second-order valence-electron chi connectivity index (χ2n) is 6.27. The molecule has 1 atom stereocenters. The maximum atomic E-state index is 12.0. The van der Waals surface area contributed by atoms with Crippen LogP contribution in [0.15, 0.2) is 18.2 Å². The molecule has 0 spiro atoms. The molecule has 1 fully saturated rings. The molecule has 0 saturated carbocycles. The van der Waals surface area contributed by atoms with Crippen LogP contribution in [0.25, 0.3) is 0 Å². The first-order chi connectivity index (χ1) is 10.6. The van der Waals surface area contributed by atoms with E-state index in [1.54, 1.807) is 19.1 Å². The number of aryl methyl sites for hydroxylation is 1. The predicted octanol–water partition coefficient (Wildman–Crippen LogP) is 1.15. The highest BCUT2D eigenvalue weighted by Crippen LogP contribution is 2.22. The summed E-state index contributed by atoms with van der Waals surface area (Å²) in [5.41, 5.74) is 1.41. The van der Waals surface area contributed by atoms with E-state index in [0.29, 0.717) is 12.0 Å². The lowest BCUT2D eigenvalue weighted by Gasteiger charge is -2.23. The summed E-state index contributed by atoms with van der Waals surface area (Å²) in [6.07, 6.45) is 0.367. The zero-order valence-electron chi connectivity index (χ0n) is 13.5. The highest BCUT2D eigenvalue weighted by atomic mass is 32.2. The van der Waals surface area contributed by atoms with E-state index in [4.69, 9.17) is 4.74 Å². The Labute approximate surface area is 136 Å². The number of benzene rings is 1. The number of hydrogen-bond donors (Lipinski definition) is 1. The van der Waals surface area contributed by atoms with Crippen molar-refractivity contribution in [2.75, 3.05) is 18.1 Å². The summed E-state index contributed by atoms with van der Waals surface area (Å²) in [4.78, 5) is 24.0. The second-order valence-corrected chi connectivity index (χ2v) is 8.46. The van der Waals surface area contributed by atoms with Crippen LogP contribution in [0.4, 0.5) is 0 Å². The van der Waals surface area contributed by atoms with Crippen molar-refractivity contribution in [3.63, 3.8) is 0 Å². The summed E-state index contributed by atoms with van der Waals surface area (Å²) in [6.45, 7) is 4.96. The zero-order valence-corrected chi connectivity index (χ0v) is 14.3.